The highest BCUT2D eigenvalue weighted by atomic mass is 127. The summed E-state index contributed by atoms with van der Waals surface area (Å²) in [5.41, 5.74) is 5.48. The highest BCUT2D eigenvalue weighted by molar-refractivity contribution is 14.1. The first kappa shape index (κ1) is 4.84. The van der Waals surface area contributed by atoms with Gasteiger partial charge in [-0.15, -0.1) is 0 Å². The van der Waals surface area contributed by atoms with Crippen LogP contribution in [-0.4, -0.2) is 4.05 Å². The van der Waals surface area contributed by atoms with Crippen molar-refractivity contribution in [3.63, 3.8) is 0 Å². The highest BCUT2D eigenvalue weighted by Crippen LogP contribution is 2.33. The first-order valence-corrected chi connectivity index (χ1v) is 3.45. The molecular weight excluding hydrogens is 189 g/mol. The molecule has 0 heterocycles. The summed E-state index contributed by atoms with van der Waals surface area (Å²) in [6.45, 7) is 0. The van der Waals surface area contributed by atoms with E-state index in [4.69, 9.17) is 5.73 Å². The van der Waals surface area contributed by atoms with Gasteiger partial charge in [0.1, 0.15) is 0 Å². The van der Waals surface area contributed by atoms with Crippen LogP contribution in [0.5, 0.6) is 0 Å². The van der Waals surface area contributed by atoms with Crippen molar-refractivity contribution in [1.29, 1.82) is 0 Å². The van der Waals surface area contributed by atoms with E-state index in [-0.39, 0.29) is 0 Å². The van der Waals surface area contributed by atoms with Gasteiger partial charge in [-0.3, -0.25) is 0 Å². The Morgan fingerprint density at radius 3 is 2.17 bits per heavy atom. The molecular formula is C4H8IN. The fraction of sp³-hybridized carbons (Fsp3) is 1.00. The quantitative estimate of drug-likeness (QED) is 0.380. The minimum absolute atomic E-state index is 0.433. The molecule has 0 saturated heterocycles. The number of rotatable bonds is 1. The summed E-state index contributed by atoms with van der Waals surface area (Å²) in [5.74, 6) is 0.866. The van der Waals surface area contributed by atoms with Crippen LogP contribution in [-0.2, 0) is 0 Å². The molecule has 0 amide bonds. The summed E-state index contributed by atoms with van der Waals surface area (Å²) in [4.78, 5) is 0. The summed E-state index contributed by atoms with van der Waals surface area (Å²) in [6, 6.07) is 0. The monoisotopic (exact) mass is 197 g/mol. The van der Waals surface area contributed by atoms with Gasteiger partial charge in [0.2, 0.25) is 0 Å². The molecule has 1 saturated carbocycles. The maximum Gasteiger partial charge on any atom is 0.0597 e. The lowest BCUT2D eigenvalue weighted by molar-refractivity contribution is 0.817. The molecule has 1 aliphatic rings. The number of nitrogens with two attached hydrogens (primary N) is 1. The van der Waals surface area contributed by atoms with Gasteiger partial charge < -0.3 is 5.73 Å². The Hall–Kier alpha value is 0.690. The van der Waals surface area contributed by atoms with E-state index >= 15 is 0 Å². The van der Waals surface area contributed by atoms with Crippen molar-refractivity contribution in [3.8, 4) is 0 Å². The Kier molecular flexibility index (Phi) is 1.34. The van der Waals surface area contributed by atoms with Crippen molar-refractivity contribution in [1.82, 2.24) is 0 Å². The molecule has 2 N–H and O–H groups in total. The smallest absolute Gasteiger partial charge is 0.0597 e. The molecule has 1 atom stereocenters. The van der Waals surface area contributed by atoms with Gasteiger partial charge in [-0.25, -0.2) is 0 Å². The zero-order valence-corrected chi connectivity index (χ0v) is 5.68. The fourth-order valence-corrected chi connectivity index (χ4v) is 1.13. The van der Waals surface area contributed by atoms with Gasteiger partial charge in [-0.1, -0.05) is 22.6 Å². The van der Waals surface area contributed by atoms with E-state index in [1.54, 1.807) is 0 Å². The second-order valence-corrected chi connectivity index (χ2v) is 3.22. The predicted octanol–water partition coefficient (Wildman–Crippen LogP) is 1.12. The topological polar surface area (TPSA) is 26.0 Å². The SMILES string of the molecule is NC(I)C1CC1. The van der Waals surface area contributed by atoms with Crippen molar-refractivity contribution in [2.75, 3.05) is 0 Å². The normalized spacial score (nSPS) is 27.0. The number of alkyl halides is 1. The van der Waals surface area contributed by atoms with E-state index in [1.165, 1.54) is 12.8 Å². The summed E-state index contributed by atoms with van der Waals surface area (Å²) < 4.78 is 0.433. The van der Waals surface area contributed by atoms with Crippen LogP contribution in [0.1, 0.15) is 12.8 Å². The third kappa shape index (κ3) is 1.08. The first-order valence-electron chi connectivity index (χ1n) is 2.20. The average Bonchev–Trinajstić information content (AvgIpc) is 2.06. The van der Waals surface area contributed by atoms with Gasteiger partial charge in [0, 0.05) is 0 Å². The Balaban J connectivity index is 2.13. The number of halogens is 1. The van der Waals surface area contributed by atoms with Gasteiger partial charge in [0.05, 0.1) is 4.05 Å². The molecule has 1 rings (SSSR count). The van der Waals surface area contributed by atoms with Gasteiger partial charge in [-0.05, 0) is 18.8 Å². The van der Waals surface area contributed by atoms with E-state index in [0.717, 1.165) is 5.92 Å². The van der Waals surface area contributed by atoms with Crippen molar-refractivity contribution >= 4 is 22.6 Å². The summed E-state index contributed by atoms with van der Waals surface area (Å²) in [5, 5.41) is 0. The van der Waals surface area contributed by atoms with Crippen LogP contribution in [0.25, 0.3) is 0 Å². The van der Waals surface area contributed by atoms with E-state index < -0.39 is 0 Å². The van der Waals surface area contributed by atoms with Crippen LogP contribution < -0.4 is 5.73 Å². The maximum absolute atomic E-state index is 5.48. The van der Waals surface area contributed by atoms with Crippen LogP contribution >= 0.6 is 22.6 Å². The lowest BCUT2D eigenvalue weighted by atomic mass is 10.4. The van der Waals surface area contributed by atoms with Crippen LogP contribution in [0.15, 0.2) is 0 Å². The molecule has 36 valence electrons. The summed E-state index contributed by atoms with van der Waals surface area (Å²) in [6.07, 6.45) is 2.73. The molecule has 1 fully saturated rings. The molecule has 0 aromatic carbocycles. The van der Waals surface area contributed by atoms with Gasteiger partial charge in [-0.2, -0.15) is 0 Å². The molecule has 1 unspecified atom stereocenters. The number of hydrogen-bond donors (Lipinski definition) is 1. The Morgan fingerprint density at radius 1 is 1.67 bits per heavy atom. The minimum atomic E-state index is 0.433. The third-order valence-electron chi connectivity index (χ3n) is 1.07. The van der Waals surface area contributed by atoms with Crippen molar-refractivity contribution < 1.29 is 0 Å². The summed E-state index contributed by atoms with van der Waals surface area (Å²) >= 11 is 2.27. The van der Waals surface area contributed by atoms with Crippen molar-refractivity contribution in [3.05, 3.63) is 0 Å². The van der Waals surface area contributed by atoms with Crippen LogP contribution in [0.2, 0.25) is 0 Å². The van der Waals surface area contributed by atoms with E-state index in [0.29, 0.717) is 4.05 Å². The molecule has 0 spiro atoms. The Labute approximate surface area is 51.4 Å². The van der Waals surface area contributed by atoms with E-state index in [1.807, 2.05) is 0 Å². The fourth-order valence-electron chi connectivity index (χ4n) is 0.415. The first-order chi connectivity index (χ1) is 2.80. The molecule has 0 aromatic heterocycles. The summed E-state index contributed by atoms with van der Waals surface area (Å²) in [7, 11) is 0. The minimum Gasteiger partial charge on any atom is -0.319 e. The standard InChI is InChI=1S/C4H8IN/c5-4(6)3-1-2-3/h3-4H,1-2,6H2. The number of hydrogen-bond acceptors (Lipinski definition) is 1. The van der Waals surface area contributed by atoms with Crippen molar-refractivity contribution in [2.24, 2.45) is 11.7 Å². The molecule has 6 heavy (non-hydrogen) atoms. The Bertz CT molecular complexity index is 49.5. The highest BCUT2D eigenvalue weighted by Gasteiger charge is 2.25. The van der Waals surface area contributed by atoms with E-state index in [2.05, 4.69) is 22.6 Å². The second kappa shape index (κ2) is 1.66. The van der Waals surface area contributed by atoms with Crippen molar-refractivity contribution in [2.45, 2.75) is 16.9 Å². The second-order valence-electron chi connectivity index (χ2n) is 1.78. The predicted molar refractivity (Wildman–Crippen MR) is 34.7 cm³/mol. The van der Waals surface area contributed by atoms with Gasteiger partial charge in [0.25, 0.3) is 0 Å². The van der Waals surface area contributed by atoms with Crippen LogP contribution in [0.4, 0.5) is 0 Å². The molecule has 0 bridgehead atoms. The van der Waals surface area contributed by atoms with E-state index in [9.17, 15) is 0 Å². The zero-order chi connectivity index (χ0) is 4.57. The molecule has 1 nitrogen and oxygen atoms in total. The molecule has 1 aliphatic carbocycles. The van der Waals surface area contributed by atoms with Gasteiger partial charge in [0.15, 0.2) is 0 Å². The largest absolute Gasteiger partial charge is 0.319 e. The third-order valence-corrected chi connectivity index (χ3v) is 2.09. The van der Waals surface area contributed by atoms with Crippen LogP contribution in [0, 0.1) is 5.92 Å². The van der Waals surface area contributed by atoms with Gasteiger partial charge >= 0.3 is 0 Å². The molecule has 0 radical (unpaired) electrons. The molecule has 0 aliphatic heterocycles. The van der Waals surface area contributed by atoms with Crippen LogP contribution in [0.3, 0.4) is 0 Å². The zero-order valence-electron chi connectivity index (χ0n) is 3.52. The Morgan fingerprint density at radius 2 is 2.17 bits per heavy atom. The molecule has 2 heteroatoms. The lowest BCUT2D eigenvalue weighted by Gasteiger charge is -1.92. The maximum atomic E-state index is 5.48. The average molecular weight is 197 g/mol. The molecule has 0 aromatic rings. The lowest BCUT2D eigenvalue weighted by Crippen LogP contribution is -2.11.